The Morgan fingerprint density at radius 2 is 1.00 bits per heavy atom. The number of methoxy groups -OCH3 is 2. The van der Waals surface area contributed by atoms with Crippen LogP contribution in [0.1, 0.15) is 121 Å². The maximum atomic E-state index is 15.4. The maximum Gasteiger partial charge on any atom is 0.340 e. The zero-order valence-electron chi connectivity index (χ0n) is 39.0. The highest BCUT2D eigenvalue weighted by Crippen LogP contribution is 2.46. The molecule has 2 aliphatic rings. The van der Waals surface area contributed by atoms with Crippen molar-refractivity contribution in [1.29, 1.82) is 0 Å². The van der Waals surface area contributed by atoms with E-state index < -0.39 is 120 Å². The molecule has 0 aromatic heterocycles. The van der Waals surface area contributed by atoms with Gasteiger partial charge in [0.25, 0.3) is 0 Å². The lowest BCUT2D eigenvalue weighted by Crippen LogP contribution is -2.64. The quantitative estimate of drug-likeness (QED) is 0.0883. The Hall–Kier alpha value is -4.94. The highest BCUT2D eigenvalue weighted by Gasteiger charge is 2.60. The van der Waals surface area contributed by atoms with Crippen molar-refractivity contribution < 1.29 is 85.0 Å². The molecule has 0 N–H and O–H groups in total. The third-order valence-corrected chi connectivity index (χ3v) is 11.5. The minimum Gasteiger partial charge on any atom is -0.467 e. The van der Waals surface area contributed by atoms with E-state index in [0.29, 0.717) is 0 Å². The molecule has 0 bridgehead atoms. The van der Waals surface area contributed by atoms with Crippen LogP contribution in [-0.2, 0) is 76.3 Å². The summed E-state index contributed by atoms with van der Waals surface area (Å²) in [6, 6.07) is 0. The molecule has 0 saturated carbocycles. The van der Waals surface area contributed by atoms with E-state index in [1.807, 2.05) is 0 Å². The van der Waals surface area contributed by atoms with E-state index in [4.69, 9.17) is 50.7 Å². The first kappa shape index (κ1) is 57.1. The highest BCUT2D eigenvalue weighted by atomic mass is 19.1. The lowest BCUT2D eigenvalue weighted by molar-refractivity contribution is -0.252. The summed E-state index contributed by atoms with van der Waals surface area (Å²) in [7, 11) is 2.21. The van der Waals surface area contributed by atoms with Crippen molar-refractivity contribution in [3.63, 3.8) is 0 Å². The number of carbonyl (C=O) groups excluding carboxylic acids is 8. The van der Waals surface area contributed by atoms with Crippen molar-refractivity contribution in [1.82, 2.24) is 0 Å². The van der Waals surface area contributed by atoms with Gasteiger partial charge in [-0.05, 0) is 45.4 Å². The van der Waals surface area contributed by atoms with Gasteiger partial charge < -0.3 is 42.7 Å². The van der Waals surface area contributed by atoms with Gasteiger partial charge in [0.05, 0.1) is 20.6 Å². The van der Waals surface area contributed by atoms with Gasteiger partial charge >= 0.3 is 35.8 Å². The molecule has 10 unspecified atom stereocenters. The largest absolute Gasteiger partial charge is 0.467 e. The SMILES string of the molecule is C#CCCC(=O)CC1C(C)C(F)C(C)(C(=O)OC)OC1[C@H](OC(C)=O)[C@@H](CC)OC(C)=O.C#CCCC(=O)O[C@@H](C1OC(C)(C(=O)OC)C(F)C(C)C1CC(C)=O)[C@@H](CC)OC(C)=O. The average Bonchev–Trinajstić information content (AvgIpc) is 3.23. The minimum absolute atomic E-state index is 0.0849. The Bertz CT molecular complexity index is 1720. The topological polar surface area (TPSA) is 210 Å². The average molecular weight is 913 g/mol. The summed E-state index contributed by atoms with van der Waals surface area (Å²) in [4.78, 5) is 97.1. The molecule has 0 aromatic carbocycles. The van der Waals surface area contributed by atoms with Gasteiger partial charge in [-0.25, -0.2) is 18.4 Å². The van der Waals surface area contributed by atoms with Crippen LogP contribution in [0, 0.1) is 48.4 Å². The van der Waals surface area contributed by atoms with Gasteiger partial charge in [-0.1, -0.05) is 27.7 Å². The van der Waals surface area contributed by atoms with E-state index >= 15 is 8.78 Å². The number of ether oxygens (including phenoxy) is 8. The van der Waals surface area contributed by atoms with E-state index in [1.54, 1.807) is 27.7 Å². The molecule has 0 spiro atoms. The summed E-state index contributed by atoms with van der Waals surface area (Å²) in [5.41, 5.74) is -4.02. The van der Waals surface area contributed by atoms with Crippen LogP contribution in [0.3, 0.4) is 0 Å². The summed E-state index contributed by atoms with van der Waals surface area (Å²) in [6.07, 6.45) is 0.995. The van der Waals surface area contributed by atoms with Crippen molar-refractivity contribution >= 4 is 47.4 Å². The number of ketones is 2. The zero-order chi connectivity index (χ0) is 49.3. The van der Waals surface area contributed by atoms with Gasteiger partial charge in [0.2, 0.25) is 0 Å². The Balaban J connectivity index is 0.000000640. The number of alkyl halides is 2. The highest BCUT2D eigenvalue weighted by molar-refractivity contribution is 5.82. The van der Waals surface area contributed by atoms with E-state index in [0.717, 1.165) is 14.2 Å². The Labute approximate surface area is 375 Å². The van der Waals surface area contributed by atoms with E-state index in [2.05, 4.69) is 11.8 Å². The second-order valence-electron chi connectivity index (χ2n) is 16.4. The molecule has 2 saturated heterocycles. The molecule has 360 valence electrons. The molecule has 0 aliphatic carbocycles. The molecule has 0 radical (unpaired) electrons. The Morgan fingerprint density at radius 1 is 0.625 bits per heavy atom. The lowest BCUT2D eigenvalue weighted by atomic mass is 9.71. The fourth-order valence-corrected chi connectivity index (χ4v) is 8.24. The Kier molecular flexibility index (Phi) is 23.3. The predicted octanol–water partition coefficient (Wildman–Crippen LogP) is 5.11. The second kappa shape index (κ2) is 26.1. The normalized spacial score (nSPS) is 29.2. The van der Waals surface area contributed by atoms with Crippen LogP contribution in [0.25, 0.3) is 0 Å². The molecule has 16 nitrogen and oxygen atoms in total. The van der Waals surface area contributed by atoms with Crippen LogP contribution >= 0.6 is 0 Å². The number of Topliss-reactive ketones (excluding diaryl/α,β-unsaturated/α-hetero) is 2. The molecule has 64 heavy (non-hydrogen) atoms. The molecular formula is C46H66F2O16. The molecule has 2 heterocycles. The first-order valence-electron chi connectivity index (χ1n) is 21.2. The number of rotatable bonds is 20. The van der Waals surface area contributed by atoms with E-state index in [-0.39, 0.29) is 62.9 Å². The second-order valence-corrected chi connectivity index (χ2v) is 16.4. The maximum absolute atomic E-state index is 15.4. The zero-order valence-corrected chi connectivity index (χ0v) is 39.0. The minimum atomic E-state index is -2.01. The van der Waals surface area contributed by atoms with Crippen molar-refractivity contribution in [3.8, 4) is 24.7 Å². The summed E-state index contributed by atoms with van der Waals surface area (Å²) >= 11 is 0. The molecule has 2 fully saturated rings. The summed E-state index contributed by atoms with van der Waals surface area (Å²) in [5, 5.41) is 0. The van der Waals surface area contributed by atoms with Crippen LogP contribution in [0.2, 0.25) is 0 Å². The monoisotopic (exact) mass is 912 g/mol. The third kappa shape index (κ3) is 15.1. The molecule has 18 heteroatoms. The predicted molar refractivity (Wildman–Crippen MR) is 224 cm³/mol. The number of carbonyl (C=O) groups is 8. The smallest absolute Gasteiger partial charge is 0.340 e. The fraction of sp³-hybridized carbons (Fsp3) is 0.739. The van der Waals surface area contributed by atoms with Crippen molar-refractivity contribution in [3.05, 3.63) is 0 Å². The molecule has 14 atom stereocenters. The van der Waals surface area contributed by atoms with Gasteiger partial charge in [-0.15, -0.1) is 24.7 Å². The Morgan fingerprint density at radius 3 is 1.34 bits per heavy atom. The van der Waals surface area contributed by atoms with Gasteiger partial charge in [0.1, 0.15) is 48.3 Å². The number of esters is 6. The lowest BCUT2D eigenvalue weighted by Gasteiger charge is -2.49. The standard InChI is InChI=1S/2C23H33FO8/c1-8-10-11-16(27)12-17-13(3)21(24)23(6,22(28)29-7)32-19(17)20(31-15(5)26)18(9-2)30-14(4)25;1-8-10-11-18(27)31-20(17(9-2)30-15(5)26)19-16(12-13(3)25)14(4)21(24)23(6,32-19)22(28)29-7/h1,13,17-21H,9-12H2,2-7H3;1,14,16-17,19-21H,9-12H2,2-7H3/t13?,17?,18-,19?,20-,21?,23?;14?,16?,17-,19?,20-,21?,23?/m11/s1. The summed E-state index contributed by atoms with van der Waals surface area (Å²) in [6.45, 7) is 14.0. The number of halogens is 2. The van der Waals surface area contributed by atoms with Crippen LogP contribution in [0.15, 0.2) is 0 Å². The summed E-state index contributed by atoms with van der Waals surface area (Å²) in [5.74, 6) is -3.40. The molecule has 2 aliphatic heterocycles. The van der Waals surface area contributed by atoms with Gasteiger partial charge in [0, 0.05) is 64.7 Å². The third-order valence-electron chi connectivity index (χ3n) is 11.5. The van der Waals surface area contributed by atoms with Crippen LogP contribution in [-0.4, -0.2) is 122 Å². The van der Waals surface area contributed by atoms with Crippen molar-refractivity contribution in [2.24, 2.45) is 23.7 Å². The van der Waals surface area contributed by atoms with E-state index in [1.165, 1.54) is 41.5 Å². The van der Waals surface area contributed by atoms with Crippen LogP contribution < -0.4 is 0 Å². The van der Waals surface area contributed by atoms with E-state index in [9.17, 15) is 38.4 Å². The number of hydrogen-bond donors (Lipinski definition) is 0. The molecule has 2 rings (SSSR count). The number of hydrogen-bond acceptors (Lipinski definition) is 16. The van der Waals surface area contributed by atoms with Crippen LogP contribution in [0.4, 0.5) is 8.78 Å². The first-order valence-corrected chi connectivity index (χ1v) is 21.2. The molecule has 0 amide bonds. The van der Waals surface area contributed by atoms with Crippen LogP contribution in [0.5, 0.6) is 0 Å². The summed E-state index contributed by atoms with van der Waals surface area (Å²) < 4.78 is 74.0. The van der Waals surface area contributed by atoms with Gasteiger partial charge in [-0.2, -0.15) is 0 Å². The van der Waals surface area contributed by atoms with Crippen molar-refractivity contribution in [2.45, 2.75) is 181 Å². The first-order chi connectivity index (χ1) is 29.8. The fourth-order valence-electron chi connectivity index (χ4n) is 8.24. The molecule has 0 aromatic rings. The molecular weight excluding hydrogens is 846 g/mol. The van der Waals surface area contributed by atoms with Gasteiger partial charge in [-0.3, -0.25) is 24.0 Å². The number of terminal acetylenes is 2. The van der Waals surface area contributed by atoms with Gasteiger partial charge in [0.15, 0.2) is 23.4 Å². The van der Waals surface area contributed by atoms with Crippen molar-refractivity contribution in [2.75, 3.05) is 14.2 Å².